The zero-order valence-electron chi connectivity index (χ0n) is 33.9. The number of rotatable bonds is 16. The average Bonchev–Trinajstić information content (AvgIpc) is 3.73. The van der Waals surface area contributed by atoms with Crippen molar-refractivity contribution >= 4 is 39.3 Å². The topological polar surface area (TPSA) is 85.3 Å². The van der Waals surface area contributed by atoms with Crippen molar-refractivity contribution in [1.82, 2.24) is 4.98 Å². The highest BCUT2D eigenvalue weighted by atomic mass is 32.2. The summed E-state index contributed by atoms with van der Waals surface area (Å²) < 4.78 is 41.4. The lowest BCUT2D eigenvalue weighted by molar-refractivity contribution is -0.152. The van der Waals surface area contributed by atoms with E-state index in [4.69, 9.17) is 33.4 Å². The van der Waals surface area contributed by atoms with E-state index in [9.17, 15) is 4.79 Å². The SMILES string of the molecule is CC(=O)OC1C(c2ccc(OCc3ccccc3)c(OCc3ccccc3)c2)Oc2cc(OCc3ccccc3)cc(OCc3ccccc3)c2C1Sc1nc2ccccc2s1. The minimum atomic E-state index is -0.828. The van der Waals surface area contributed by atoms with Crippen LogP contribution in [0.2, 0.25) is 0 Å². The molecular formula is C52H43NO7S2. The molecule has 3 atom stereocenters. The van der Waals surface area contributed by atoms with Crippen molar-refractivity contribution in [3.05, 3.63) is 209 Å². The Labute approximate surface area is 369 Å². The maximum atomic E-state index is 13.2. The highest BCUT2D eigenvalue weighted by Crippen LogP contribution is 2.56. The molecule has 62 heavy (non-hydrogen) atoms. The lowest BCUT2D eigenvalue weighted by Gasteiger charge is -2.39. The Hall–Kier alpha value is -6.75. The summed E-state index contributed by atoms with van der Waals surface area (Å²) in [6, 6.07) is 57.6. The molecule has 0 amide bonds. The summed E-state index contributed by atoms with van der Waals surface area (Å²) in [6.45, 7) is 2.72. The van der Waals surface area contributed by atoms with Crippen LogP contribution in [0.5, 0.6) is 28.7 Å². The van der Waals surface area contributed by atoms with Gasteiger partial charge in [0.15, 0.2) is 28.0 Å². The van der Waals surface area contributed by atoms with Crippen molar-refractivity contribution in [2.45, 2.75) is 55.1 Å². The highest BCUT2D eigenvalue weighted by Gasteiger charge is 2.45. The summed E-state index contributed by atoms with van der Waals surface area (Å²) in [7, 11) is 0. The molecule has 0 radical (unpaired) electrons. The molecule has 1 aromatic heterocycles. The van der Waals surface area contributed by atoms with Gasteiger partial charge in [0.05, 0.1) is 21.0 Å². The second-order valence-corrected chi connectivity index (χ2v) is 17.2. The molecule has 310 valence electrons. The highest BCUT2D eigenvalue weighted by molar-refractivity contribution is 8.01. The molecule has 0 saturated heterocycles. The van der Waals surface area contributed by atoms with Crippen LogP contribution in [-0.4, -0.2) is 17.1 Å². The summed E-state index contributed by atoms with van der Waals surface area (Å²) in [5.74, 6) is 2.32. The number of nitrogens with zero attached hydrogens (tertiary/aromatic N) is 1. The number of fused-ring (bicyclic) bond motifs is 2. The van der Waals surface area contributed by atoms with Crippen LogP contribution >= 0.6 is 23.1 Å². The van der Waals surface area contributed by atoms with Crippen LogP contribution in [0.3, 0.4) is 0 Å². The molecule has 0 fully saturated rings. The van der Waals surface area contributed by atoms with Crippen LogP contribution in [0.4, 0.5) is 0 Å². The van der Waals surface area contributed by atoms with Gasteiger partial charge in [0.1, 0.15) is 43.7 Å². The average molecular weight is 858 g/mol. The molecule has 1 aliphatic heterocycles. The van der Waals surface area contributed by atoms with Crippen LogP contribution in [-0.2, 0) is 36.0 Å². The summed E-state index contributed by atoms with van der Waals surface area (Å²) in [5.41, 5.74) is 6.41. The van der Waals surface area contributed by atoms with E-state index in [0.717, 1.165) is 47.9 Å². The molecule has 2 heterocycles. The van der Waals surface area contributed by atoms with Gasteiger partial charge >= 0.3 is 5.97 Å². The summed E-state index contributed by atoms with van der Waals surface area (Å²) in [6.07, 6.45) is -1.61. The molecule has 9 rings (SSSR count). The summed E-state index contributed by atoms with van der Waals surface area (Å²) >= 11 is 3.12. The Morgan fingerprint density at radius 2 is 1.13 bits per heavy atom. The van der Waals surface area contributed by atoms with Gasteiger partial charge < -0.3 is 28.4 Å². The molecule has 0 spiro atoms. The molecule has 0 saturated carbocycles. The van der Waals surface area contributed by atoms with Crippen LogP contribution in [0.1, 0.15) is 51.7 Å². The van der Waals surface area contributed by atoms with E-state index < -0.39 is 23.4 Å². The van der Waals surface area contributed by atoms with Gasteiger partial charge in [-0.15, -0.1) is 11.3 Å². The third-order valence-electron chi connectivity index (χ3n) is 10.3. The van der Waals surface area contributed by atoms with Crippen molar-refractivity contribution in [3.8, 4) is 28.7 Å². The molecular weight excluding hydrogens is 815 g/mol. The first-order valence-electron chi connectivity index (χ1n) is 20.4. The van der Waals surface area contributed by atoms with Gasteiger partial charge in [0.2, 0.25) is 0 Å². The molecule has 3 unspecified atom stereocenters. The third kappa shape index (κ3) is 9.89. The van der Waals surface area contributed by atoms with Crippen molar-refractivity contribution in [2.75, 3.05) is 0 Å². The number of benzene rings is 7. The number of ether oxygens (including phenoxy) is 6. The van der Waals surface area contributed by atoms with Crippen LogP contribution in [0.25, 0.3) is 10.2 Å². The van der Waals surface area contributed by atoms with E-state index in [-0.39, 0.29) is 0 Å². The zero-order chi connectivity index (χ0) is 42.1. The van der Waals surface area contributed by atoms with Gasteiger partial charge in [-0.25, -0.2) is 4.98 Å². The number of carbonyl (C=O) groups is 1. The fourth-order valence-electron chi connectivity index (χ4n) is 7.27. The van der Waals surface area contributed by atoms with Crippen LogP contribution < -0.4 is 23.7 Å². The quantitative estimate of drug-likeness (QED) is 0.0882. The van der Waals surface area contributed by atoms with E-state index in [2.05, 4.69) is 6.07 Å². The second-order valence-electron chi connectivity index (χ2n) is 14.7. The van der Waals surface area contributed by atoms with Gasteiger partial charge in [0.25, 0.3) is 0 Å². The van der Waals surface area contributed by atoms with E-state index in [1.165, 1.54) is 18.7 Å². The maximum Gasteiger partial charge on any atom is 0.303 e. The monoisotopic (exact) mass is 857 g/mol. The Morgan fingerprint density at radius 1 is 0.597 bits per heavy atom. The van der Waals surface area contributed by atoms with E-state index in [1.807, 2.05) is 170 Å². The number of para-hydroxylation sites is 1. The molecule has 0 N–H and O–H groups in total. The van der Waals surface area contributed by atoms with Crippen molar-refractivity contribution < 1.29 is 33.2 Å². The largest absolute Gasteiger partial charge is 0.489 e. The lowest BCUT2D eigenvalue weighted by Crippen LogP contribution is -2.37. The van der Waals surface area contributed by atoms with Gasteiger partial charge in [-0.05, 0) is 46.5 Å². The fraction of sp³-hybridized carbons (Fsp3) is 0.154. The predicted octanol–water partition coefficient (Wildman–Crippen LogP) is 12.5. The van der Waals surface area contributed by atoms with Gasteiger partial charge in [-0.2, -0.15) is 0 Å². The molecule has 8 nitrogen and oxygen atoms in total. The van der Waals surface area contributed by atoms with Crippen LogP contribution in [0, 0.1) is 0 Å². The van der Waals surface area contributed by atoms with Gasteiger partial charge in [-0.3, -0.25) is 4.79 Å². The predicted molar refractivity (Wildman–Crippen MR) is 243 cm³/mol. The zero-order valence-corrected chi connectivity index (χ0v) is 35.6. The molecule has 0 bridgehead atoms. The lowest BCUT2D eigenvalue weighted by atomic mass is 9.92. The molecule has 1 aliphatic rings. The first kappa shape index (κ1) is 40.6. The minimum absolute atomic E-state index is 0.294. The first-order chi connectivity index (χ1) is 30.5. The van der Waals surface area contributed by atoms with Crippen molar-refractivity contribution in [2.24, 2.45) is 0 Å². The normalized spacial score (nSPS) is 15.5. The van der Waals surface area contributed by atoms with Crippen LogP contribution in [0.15, 0.2) is 180 Å². The number of aromatic nitrogens is 1. The number of esters is 1. The van der Waals surface area contributed by atoms with Crippen molar-refractivity contribution in [3.63, 3.8) is 0 Å². The van der Waals surface area contributed by atoms with Gasteiger partial charge in [-0.1, -0.05) is 151 Å². The Bertz CT molecular complexity index is 2700. The Morgan fingerprint density at radius 3 is 1.71 bits per heavy atom. The number of hydrogen-bond acceptors (Lipinski definition) is 10. The van der Waals surface area contributed by atoms with E-state index in [1.54, 1.807) is 11.3 Å². The Balaban J connectivity index is 1.15. The second kappa shape index (κ2) is 19.3. The van der Waals surface area contributed by atoms with E-state index in [0.29, 0.717) is 55.2 Å². The standard InChI is InChI=1S/C52H43NO7S2/c1-35(54)59-50-49(40-26-27-43(56-32-37-18-8-3-9-19-37)44(28-40)57-33-38-20-10-4-11-21-38)60-46-30-41(55-31-36-16-6-2-7-17-36)29-45(58-34-39-22-12-5-13-23-39)48(46)51(50)62-52-53-42-24-14-15-25-47(42)61-52/h2-30,49-51H,31-34H2,1H3. The smallest absolute Gasteiger partial charge is 0.303 e. The maximum absolute atomic E-state index is 13.2. The molecule has 0 aliphatic carbocycles. The third-order valence-corrected chi connectivity index (χ3v) is 12.7. The Kier molecular flexibility index (Phi) is 12.7. The number of thiazole rings is 1. The summed E-state index contributed by atoms with van der Waals surface area (Å²) in [5, 5.41) is -0.523. The fourth-order valence-corrected chi connectivity index (χ4v) is 9.79. The van der Waals surface area contributed by atoms with Gasteiger partial charge in [0, 0.05) is 24.6 Å². The number of carbonyl (C=O) groups excluding carboxylic acids is 1. The van der Waals surface area contributed by atoms with Crippen molar-refractivity contribution in [1.29, 1.82) is 0 Å². The minimum Gasteiger partial charge on any atom is -0.489 e. The number of thioether (sulfide) groups is 1. The molecule has 8 aromatic rings. The van der Waals surface area contributed by atoms with E-state index >= 15 is 0 Å². The molecule has 10 heteroatoms. The first-order valence-corrected chi connectivity index (χ1v) is 22.1. The molecule has 7 aromatic carbocycles. The number of hydrogen-bond donors (Lipinski definition) is 0. The summed E-state index contributed by atoms with van der Waals surface area (Å²) in [4.78, 5) is 18.2.